The van der Waals surface area contributed by atoms with Crippen molar-refractivity contribution in [3.05, 3.63) is 36.0 Å². The Morgan fingerprint density at radius 3 is 1.62 bits per heavy atom. The molecule has 0 fully saturated rings. The van der Waals surface area contributed by atoms with Crippen molar-refractivity contribution in [3.63, 3.8) is 0 Å². The van der Waals surface area contributed by atoms with Gasteiger partial charge in [-0.15, -0.1) is 0 Å². The molecule has 5 heteroatoms. The van der Waals surface area contributed by atoms with Gasteiger partial charge in [0.25, 0.3) is 0 Å². The smallest absolute Gasteiger partial charge is 0.203 e. The molecule has 0 aliphatic carbocycles. The summed E-state index contributed by atoms with van der Waals surface area (Å²) in [6.07, 6.45) is -4.93. The van der Waals surface area contributed by atoms with Crippen LogP contribution in [0, 0.1) is 0 Å². The Morgan fingerprint density at radius 1 is 1.00 bits per heavy atom. The van der Waals surface area contributed by atoms with Crippen LogP contribution in [0.15, 0.2) is 36.0 Å². The van der Waals surface area contributed by atoms with Gasteiger partial charge in [0.05, 0.1) is 5.57 Å². The molecule has 0 heterocycles. The van der Waals surface area contributed by atoms with Crippen molar-refractivity contribution in [3.8, 4) is 0 Å². The number of rotatable bonds is 3. The van der Waals surface area contributed by atoms with Crippen molar-refractivity contribution in [2.45, 2.75) is 33.4 Å². The average Bonchev–Trinajstić information content (AvgIpc) is 2.26. The van der Waals surface area contributed by atoms with Gasteiger partial charge in [-0.05, 0) is 12.0 Å². The monoisotopic (exact) mass is 242 g/mol. The highest BCUT2D eigenvalue weighted by Crippen LogP contribution is 2.34. The Hall–Kier alpha value is -1.13. The summed E-state index contributed by atoms with van der Waals surface area (Å²) < 4.78 is 61.1. The molecule has 0 aliphatic heterocycles. The lowest BCUT2D eigenvalue weighted by atomic mass is 10.1. The molecule has 0 rings (SSSR count). The molecule has 0 spiro atoms. The second kappa shape index (κ2) is 7.19. The number of hydrogen-bond donors (Lipinski definition) is 0. The zero-order valence-corrected chi connectivity index (χ0v) is 9.51. The topological polar surface area (TPSA) is 0 Å². The van der Waals surface area contributed by atoms with E-state index in [0.29, 0.717) is 0 Å². The minimum absolute atomic E-state index is 0.0321. The van der Waals surface area contributed by atoms with Crippen LogP contribution in [0.3, 0.4) is 0 Å². The predicted octanol–water partition coefficient (Wildman–Crippen LogP) is 5.25. The third kappa shape index (κ3) is 5.09. The summed E-state index contributed by atoms with van der Waals surface area (Å²) in [5, 5.41) is 0. The molecule has 0 atom stereocenters. The minimum atomic E-state index is -4.96. The fraction of sp³-hybridized carbons (Fsp3) is 0.455. The van der Waals surface area contributed by atoms with Gasteiger partial charge < -0.3 is 0 Å². The zero-order valence-electron chi connectivity index (χ0n) is 9.51. The first kappa shape index (κ1) is 17.3. The molecule has 0 aromatic rings. The van der Waals surface area contributed by atoms with Gasteiger partial charge in [-0.1, -0.05) is 33.9 Å². The van der Waals surface area contributed by atoms with Crippen LogP contribution in [0.5, 0.6) is 0 Å². The van der Waals surface area contributed by atoms with E-state index in [1.165, 1.54) is 6.92 Å². The lowest BCUT2D eigenvalue weighted by molar-refractivity contribution is -0.0909. The molecule has 0 nitrogen and oxygen atoms in total. The SMILES string of the molecule is C=C(CC)/C(F)=C(/F)C(=C)C(F)(F)F.CC. The molecule has 0 radical (unpaired) electrons. The van der Waals surface area contributed by atoms with Gasteiger partial charge in [0.2, 0.25) is 0 Å². The largest absolute Gasteiger partial charge is 0.418 e. The van der Waals surface area contributed by atoms with Crippen molar-refractivity contribution in [2.75, 3.05) is 0 Å². The Bertz CT molecular complexity index is 283. The first-order chi connectivity index (χ1) is 7.21. The maximum atomic E-state index is 12.8. The van der Waals surface area contributed by atoms with Gasteiger partial charge >= 0.3 is 6.18 Å². The van der Waals surface area contributed by atoms with Crippen LogP contribution < -0.4 is 0 Å². The third-order valence-electron chi connectivity index (χ3n) is 1.54. The van der Waals surface area contributed by atoms with Gasteiger partial charge in [-0.3, -0.25) is 0 Å². The van der Waals surface area contributed by atoms with E-state index in [9.17, 15) is 22.0 Å². The van der Waals surface area contributed by atoms with E-state index in [2.05, 4.69) is 13.2 Å². The van der Waals surface area contributed by atoms with E-state index >= 15 is 0 Å². The van der Waals surface area contributed by atoms with Gasteiger partial charge in [0.1, 0.15) is 0 Å². The van der Waals surface area contributed by atoms with Crippen molar-refractivity contribution in [2.24, 2.45) is 0 Å². The summed E-state index contributed by atoms with van der Waals surface area (Å²) in [6.45, 7) is 11.0. The van der Waals surface area contributed by atoms with Crippen LogP contribution in [0.4, 0.5) is 22.0 Å². The summed E-state index contributed by atoms with van der Waals surface area (Å²) in [7, 11) is 0. The quantitative estimate of drug-likeness (QED) is 0.468. The van der Waals surface area contributed by atoms with Crippen LogP contribution in [0.1, 0.15) is 27.2 Å². The number of allylic oxidation sites excluding steroid dienone is 4. The maximum absolute atomic E-state index is 12.8. The Labute approximate surface area is 92.2 Å². The standard InChI is InChI=1S/C9H9F5.C2H6/c1-4-5(2)7(10)8(11)6(3)9(12,13)14;1-2/h2-4H2,1H3;1-2H3/b8-7-;. The second-order valence-corrected chi connectivity index (χ2v) is 2.56. The molecule has 0 aromatic carbocycles. The van der Waals surface area contributed by atoms with Crippen molar-refractivity contribution < 1.29 is 22.0 Å². The Balaban J connectivity index is 0. The molecule has 0 saturated carbocycles. The third-order valence-corrected chi connectivity index (χ3v) is 1.54. The van der Waals surface area contributed by atoms with Crippen LogP contribution in [-0.4, -0.2) is 6.18 Å². The molecule has 0 bridgehead atoms. The molecule has 0 aromatic heterocycles. The minimum Gasteiger partial charge on any atom is -0.203 e. The normalized spacial score (nSPS) is 12.2. The number of halogens is 5. The second-order valence-electron chi connectivity index (χ2n) is 2.56. The van der Waals surface area contributed by atoms with Crippen LogP contribution in [0.25, 0.3) is 0 Å². The molecule has 16 heavy (non-hydrogen) atoms. The van der Waals surface area contributed by atoms with Crippen LogP contribution >= 0.6 is 0 Å². The number of alkyl halides is 3. The molecular formula is C11H15F5. The molecule has 0 unspecified atom stereocenters. The predicted molar refractivity (Wildman–Crippen MR) is 55.2 cm³/mol. The van der Waals surface area contributed by atoms with Gasteiger partial charge in [-0.25, -0.2) is 8.78 Å². The molecule has 0 saturated heterocycles. The van der Waals surface area contributed by atoms with Gasteiger partial charge in [0.15, 0.2) is 11.7 Å². The van der Waals surface area contributed by atoms with E-state index in [0.717, 1.165) is 0 Å². The van der Waals surface area contributed by atoms with Crippen molar-refractivity contribution in [1.82, 2.24) is 0 Å². The van der Waals surface area contributed by atoms with E-state index in [1.54, 1.807) is 0 Å². The summed E-state index contributed by atoms with van der Waals surface area (Å²) >= 11 is 0. The van der Waals surface area contributed by atoms with E-state index in [1.807, 2.05) is 13.8 Å². The fourth-order valence-corrected chi connectivity index (χ4v) is 0.567. The summed E-state index contributed by atoms with van der Waals surface area (Å²) in [4.78, 5) is 0. The van der Waals surface area contributed by atoms with Gasteiger partial charge in [0, 0.05) is 0 Å². The fourth-order valence-electron chi connectivity index (χ4n) is 0.567. The van der Waals surface area contributed by atoms with Crippen molar-refractivity contribution in [1.29, 1.82) is 0 Å². The molecule has 0 N–H and O–H groups in total. The average molecular weight is 242 g/mol. The maximum Gasteiger partial charge on any atom is 0.418 e. The summed E-state index contributed by atoms with van der Waals surface area (Å²) in [6, 6.07) is 0. The van der Waals surface area contributed by atoms with Crippen LogP contribution in [0.2, 0.25) is 0 Å². The highest BCUT2D eigenvalue weighted by molar-refractivity contribution is 5.36. The lowest BCUT2D eigenvalue weighted by Gasteiger charge is -2.09. The zero-order chi connectivity index (χ0) is 13.5. The highest BCUT2D eigenvalue weighted by atomic mass is 19.4. The van der Waals surface area contributed by atoms with E-state index in [4.69, 9.17) is 0 Å². The first-order valence-corrected chi connectivity index (χ1v) is 4.71. The molecular weight excluding hydrogens is 227 g/mol. The van der Waals surface area contributed by atoms with E-state index in [-0.39, 0.29) is 12.0 Å². The number of hydrogen-bond acceptors (Lipinski definition) is 0. The highest BCUT2D eigenvalue weighted by Gasteiger charge is 2.36. The summed E-state index contributed by atoms with van der Waals surface area (Å²) in [5.74, 6) is -3.58. The lowest BCUT2D eigenvalue weighted by Crippen LogP contribution is -2.12. The molecule has 94 valence electrons. The van der Waals surface area contributed by atoms with Crippen LogP contribution in [-0.2, 0) is 0 Å². The van der Waals surface area contributed by atoms with Gasteiger partial charge in [-0.2, -0.15) is 13.2 Å². The Morgan fingerprint density at radius 2 is 1.38 bits per heavy atom. The first-order valence-electron chi connectivity index (χ1n) is 4.71. The summed E-state index contributed by atoms with van der Waals surface area (Å²) in [5.41, 5.74) is -2.16. The van der Waals surface area contributed by atoms with E-state index < -0.39 is 23.4 Å². The molecule has 0 aliphatic rings. The van der Waals surface area contributed by atoms with Crippen molar-refractivity contribution >= 4 is 0 Å². The molecule has 0 amide bonds. The Kier molecular flexibility index (Phi) is 7.77.